The highest BCUT2D eigenvalue weighted by atomic mass is 32.2. The monoisotopic (exact) mass is 299 g/mol. The Kier molecular flexibility index (Phi) is 5.05. The Labute approximate surface area is 119 Å². The van der Waals surface area contributed by atoms with E-state index in [2.05, 4.69) is 15.6 Å². The molecule has 112 valence electrons. The van der Waals surface area contributed by atoms with Crippen LogP contribution in [0.1, 0.15) is 18.6 Å². The Hall–Kier alpha value is -1.50. The Morgan fingerprint density at radius 3 is 3.00 bits per heavy atom. The van der Waals surface area contributed by atoms with Crippen LogP contribution in [0.2, 0.25) is 0 Å². The molecule has 0 bridgehead atoms. The molecule has 1 saturated heterocycles. The third-order valence-electron chi connectivity index (χ3n) is 3.35. The first-order valence-electron chi connectivity index (χ1n) is 6.76. The maximum Gasteiger partial charge on any atom is 0.191 e. The minimum Gasteiger partial charge on any atom is -0.467 e. The van der Waals surface area contributed by atoms with E-state index in [1.165, 1.54) is 0 Å². The first-order chi connectivity index (χ1) is 9.59. The van der Waals surface area contributed by atoms with Crippen LogP contribution in [0, 0.1) is 5.92 Å². The van der Waals surface area contributed by atoms with E-state index in [4.69, 9.17) is 4.42 Å². The summed E-state index contributed by atoms with van der Waals surface area (Å²) in [5, 5.41) is 6.30. The molecule has 2 rings (SSSR count). The molecular formula is C13H21N3O3S. The zero-order valence-electron chi connectivity index (χ0n) is 11.6. The van der Waals surface area contributed by atoms with E-state index in [0.717, 1.165) is 18.6 Å². The summed E-state index contributed by atoms with van der Waals surface area (Å²) in [7, 11) is -1.16. The van der Waals surface area contributed by atoms with Crippen molar-refractivity contribution in [1.29, 1.82) is 0 Å². The molecule has 6 nitrogen and oxygen atoms in total. The van der Waals surface area contributed by atoms with Gasteiger partial charge in [-0.1, -0.05) is 0 Å². The summed E-state index contributed by atoms with van der Waals surface area (Å²) < 4.78 is 28.4. The molecule has 0 radical (unpaired) electrons. The first kappa shape index (κ1) is 14.9. The summed E-state index contributed by atoms with van der Waals surface area (Å²) >= 11 is 0. The van der Waals surface area contributed by atoms with Crippen LogP contribution >= 0.6 is 0 Å². The van der Waals surface area contributed by atoms with Gasteiger partial charge in [0.05, 0.1) is 24.3 Å². The summed E-state index contributed by atoms with van der Waals surface area (Å²) in [5.41, 5.74) is 0. The molecule has 0 amide bonds. The van der Waals surface area contributed by atoms with Crippen LogP contribution in [0.3, 0.4) is 0 Å². The number of rotatable bonds is 4. The van der Waals surface area contributed by atoms with Gasteiger partial charge in [0.25, 0.3) is 0 Å². The average molecular weight is 299 g/mol. The van der Waals surface area contributed by atoms with Gasteiger partial charge in [-0.3, -0.25) is 4.99 Å². The Morgan fingerprint density at radius 2 is 2.35 bits per heavy atom. The van der Waals surface area contributed by atoms with E-state index in [-0.39, 0.29) is 11.7 Å². The molecule has 1 aliphatic heterocycles. The van der Waals surface area contributed by atoms with E-state index in [9.17, 15) is 8.42 Å². The third kappa shape index (κ3) is 4.56. The van der Waals surface area contributed by atoms with Gasteiger partial charge in [-0.15, -0.1) is 0 Å². The number of nitrogens with zero attached hydrogens (tertiary/aromatic N) is 1. The fraction of sp³-hybridized carbons (Fsp3) is 0.615. The minimum absolute atomic E-state index is 0.163. The standard InChI is InChI=1S/C13H21N3O3S/c1-14-13(16-9-12-5-2-6-19-12)15-8-11-4-3-7-20(17,18)10-11/h2,5-6,11H,3-4,7-10H2,1H3,(H2,14,15,16). The van der Waals surface area contributed by atoms with E-state index >= 15 is 0 Å². The SMILES string of the molecule is CN=C(NCc1ccco1)NCC1CCCS(=O)(=O)C1. The van der Waals surface area contributed by atoms with Crippen LogP contribution < -0.4 is 10.6 Å². The van der Waals surface area contributed by atoms with Crippen molar-refractivity contribution in [2.75, 3.05) is 25.1 Å². The van der Waals surface area contributed by atoms with Crippen LogP contribution in [0.15, 0.2) is 27.8 Å². The second kappa shape index (κ2) is 6.78. The number of sulfone groups is 1. The molecule has 0 aliphatic carbocycles. The normalized spacial score (nSPS) is 22.4. The predicted octanol–water partition coefficient (Wildman–Crippen LogP) is 0.769. The lowest BCUT2D eigenvalue weighted by molar-refractivity contribution is 0.474. The fourth-order valence-electron chi connectivity index (χ4n) is 2.32. The van der Waals surface area contributed by atoms with Gasteiger partial charge in [-0.2, -0.15) is 0 Å². The molecule has 1 aromatic rings. The van der Waals surface area contributed by atoms with Crippen molar-refractivity contribution in [3.8, 4) is 0 Å². The van der Waals surface area contributed by atoms with Crippen molar-refractivity contribution in [3.05, 3.63) is 24.2 Å². The molecule has 7 heteroatoms. The predicted molar refractivity (Wildman–Crippen MR) is 78.3 cm³/mol. The van der Waals surface area contributed by atoms with Gasteiger partial charge in [0.15, 0.2) is 15.8 Å². The number of aliphatic imine (C=N–C) groups is 1. The van der Waals surface area contributed by atoms with E-state index in [1.54, 1.807) is 13.3 Å². The molecule has 1 fully saturated rings. The Balaban J connectivity index is 1.76. The van der Waals surface area contributed by atoms with Crippen molar-refractivity contribution < 1.29 is 12.8 Å². The highest BCUT2D eigenvalue weighted by molar-refractivity contribution is 7.91. The smallest absolute Gasteiger partial charge is 0.191 e. The Morgan fingerprint density at radius 1 is 1.50 bits per heavy atom. The van der Waals surface area contributed by atoms with Gasteiger partial charge >= 0.3 is 0 Å². The van der Waals surface area contributed by atoms with Crippen LogP contribution in [-0.4, -0.2) is 39.5 Å². The minimum atomic E-state index is -2.85. The molecule has 1 unspecified atom stereocenters. The fourth-order valence-corrected chi connectivity index (χ4v) is 4.10. The molecule has 1 aromatic heterocycles. The van der Waals surface area contributed by atoms with E-state index in [1.807, 2.05) is 12.1 Å². The summed E-state index contributed by atoms with van der Waals surface area (Å²) in [4.78, 5) is 4.11. The maximum absolute atomic E-state index is 11.6. The first-order valence-corrected chi connectivity index (χ1v) is 8.58. The molecular weight excluding hydrogens is 278 g/mol. The van der Waals surface area contributed by atoms with Crippen molar-refractivity contribution in [1.82, 2.24) is 10.6 Å². The molecule has 1 atom stereocenters. The quantitative estimate of drug-likeness (QED) is 0.634. The Bertz CT molecular complexity index is 537. The summed E-state index contributed by atoms with van der Waals surface area (Å²) in [6.45, 7) is 1.17. The average Bonchev–Trinajstić information content (AvgIpc) is 2.91. The zero-order valence-corrected chi connectivity index (χ0v) is 12.4. The number of hydrogen-bond donors (Lipinski definition) is 2. The van der Waals surface area contributed by atoms with Crippen molar-refractivity contribution in [2.45, 2.75) is 19.4 Å². The maximum atomic E-state index is 11.6. The van der Waals surface area contributed by atoms with Gasteiger partial charge in [0.1, 0.15) is 5.76 Å². The van der Waals surface area contributed by atoms with Crippen LogP contribution in [0.25, 0.3) is 0 Å². The van der Waals surface area contributed by atoms with Gasteiger partial charge < -0.3 is 15.1 Å². The topological polar surface area (TPSA) is 83.7 Å². The third-order valence-corrected chi connectivity index (χ3v) is 5.24. The number of nitrogens with one attached hydrogen (secondary N) is 2. The van der Waals surface area contributed by atoms with Crippen molar-refractivity contribution in [3.63, 3.8) is 0 Å². The number of furan rings is 1. The molecule has 1 aliphatic rings. The lowest BCUT2D eigenvalue weighted by atomic mass is 10.1. The van der Waals surface area contributed by atoms with E-state index in [0.29, 0.717) is 24.8 Å². The van der Waals surface area contributed by atoms with Gasteiger partial charge in [-0.05, 0) is 30.9 Å². The summed E-state index contributed by atoms with van der Waals surface area (Å²) in [5.74, 6) is 2.25. The van der Waals surface area contributed by atoms with Gasteiger partial charge in [-0.25, -0.2) is 8.42 Å². The largest absolute Gasteiger partial charge is 0.467 e. The van der Waals surface area contributed by atoms with Crippen LogP contribution in [0.4, 0.5) is 0 Å². The number of guanidine groups is 1. The zero-order chi connectivity index (χ0) is 14.4. The number of hydrogen-bond acceptors (Lipinski definition) is 4. The van der Waals surface area contributed by atoms with Crippen LogP contribution in [0.5, 0.6) is 0 Å². The second-order valence-electron chi connectivity index (χ2n) is 5.01. The molecule has 2 N–H and O–H groups in total. The molecule has 0 spiro atoms. The second-order valence-corrected chi connectivity index (χ2v) is 7.24. The van der Waals surface area contributed by atoms with Gasteiger partial charge in [0, 0.05) is 13.6 Å². The highest BCUT2D eigenvalue weighted by Crippen LogP contribution is 2.17. The van der Waals surface area contributed by atoms with Crippen molar-refractivity contribution >= 4 is 15.8 Å². The van der Waals surface area contributed by atoms with Crippen molar-refractivity contribution in [2.24, 2.45) is 10.9 Å². The lowest BCUT2D eigenvalue weighted by Gasteiger charge is -2.23. The summed E-state index contributed by atoms with van der Waals surface area (Å²) in [6.07, 6.45) is 3.33. The molecule has 20 heavy (non-hydrogen) atoms. The van der Waals surface area contributed by atoms with E-state index < -0.39 is 9.84 Å². The highest BCUT2D eigenvalue weighted by Gasteiger charge is 2.24. The van der Waals surface area contributed by atoms with Crippen LogP contribution in [-0.2, 0) is 16.4 Å². The summed E-state index contributed by atoms with van der Waals surface area (Å²) in [6, 6.07) is 3.72. The van der Waals surface area contributed by atoms with Gasteiger partial charge in [0.2, 0.25) is 0 Å². The molecule has 0 aromatic carbocycles. The molecule has 0 saturated carbocycles. The molecule has 2 heterocycles. The lowest BCUT2D eigenvalue weighted by Crippen LogP contribution is -2.41.